The number of fused-ring (bicyclic) bond motifs is 2. The molecule has 2 heterocycles. The summed E-state index contributed by atoms with van der Waals surface area (Å²) in [5.41, 5.74) is 3.98. The number of carbonyl (C=O) groups is 2. The lowest BCUT2D eigenvalue weighted by Crippen LogP contribution is -2.24. The molecule has 11 rings (SSSR count). The van der Waals surface area contributed by atoms with Crippen molar-refractivity contribution in [1.82, 2.24) is 0 Å². The van der Waals surface area contributed by atoms with Gasteiger partial charge in [-0.2, -0.15) is 0 Å². The molecule has 468 valence electrons. The van der Waals surface area contributed by atoms with E-state index in [-0.39, 0.29) is 82.5 Å². The van der Waals surface area contributed by atoms with E-state index in [1.54, 1.807) is 18.2 Å². The van der Waals surface area contributed by atoms with E-state index in [4.69, 9.17) is 28.1 Å². The molecule has 0 bridgehead atoms. The lowest BCUT2D eigenvalue weighted by atomic mass is 9.72. The third-order valence-corrected chi connectivity index (χ3v) is 17.9. The van der Waals surface area contributed by atoms with Crippen LogP contribution in [0.5, 0.6) is 46.0 Å². The molecule has 0 saturated carbocycles. The number of cyclic esters (lactones) is 2. The van der Waals surface area contributed by atoms with Crippen molar-refractivity contribution in [2.45, 2.75) is 186 Å². The van der Waals surface area contributed by atoms with Crippen LogP contribution in [0.25, 0.3) is 60.4 Å². The number of rotatable bonds is 16. The predicted molar refractivity (Wildman–Crippen MR) is 369 cm³/mol. The van der Waals surface area contributed by atoms with Crippen molar-refractivity contribution in [1.29, 1.82) is 0 Å². The van der Waals surface area contributed by atoms with Crippen molar-refractivity contribution < 1.29 is 37.7 Å². The Hall–Kier alpha value is -8.17. The Balaban J connectivity index is 1.27. The van der Waals surface area contributed by atoms with Crippen molar-refractivity contribution in [3.8, 4) is 46.0 Å². The second-order valence-corrected chi connectivity index (χ2v) is 33.2. The van der Waals surface area contributed by atoms with Gasteiger partial charge in [0.1, 0.15) is 51.4 Å². The van der Waals surface area contributed by atoms with Gasteiger partial charge in [0.25, 0.3) is 0 Å². The van der Waals surface area contributed by atoms with Crippen molar-refractivity contribution in [3.63, 3.8) is 0 Å². The summed E-state index contributed by atoms with van der Waals surface area (Å²) in [6, 6.07) is 39.4. The topological polar surface area (TPSA) is 111 Å². The van der Waals surface area contributed by atoms with Crippen molar-refractivity contribution in [2.75, 3.05) is 0 Å². The van der Waals surface area contributed by atoms with E-state index < -0.39 is 17.6 Å². The molecule has 90 heavy (non-hydrogen) atoms. The maximum atomic E-state index is 14.8. The second kappa shape index (κ2) is 21.8. The minimum absolute atomic E-state index is 0.0688. The molecule has 1 aliphatic rings. The maximum absolute atomic E-state index is 14.8. The molecule has 0 unspecified atom stereocenters. The first-order valence-corrected chi connectivity index (χ1v) is 31.8. The van der Waals surface area contributed by atoms with Gasteiger partial charge in [0.15, 0.2) is 0 Å². The van der Waals surface area contributed by atoms with Crippen LogP contribution in [0.15, 0.2) is 131 Å². The minimum atomic E-state index is -0.830. The monoisotopic (exact) mass is 1210 g/mol. The summed E-state index contributed by atoms with van der Waals surface area (Å²) >= 11 is 0. The SMILES string of the molecule is C=c1oc(=O)c2cc(Oc3ccc(C(C)(C)CC(C)(C)C)cc3)c3c4c(Oc5ccc(C(C)(C)CC(C)(C)C)cc5)cc5c6c(cc(Oc7ccc(C(C)(C)CC(C)(C)C)cc7)c(c7c(Oc8ccc(C(C)(C)CC(C)(C)C)cc8)cc1c2c73)c64)C(=O)OC5=O. The van der Waals surface area contributed by atoms with Gasteiger partial charge in [-0.1, -0.05) is 194 Å². The predicted octanol–water partition coefficient (Wildman–Crippen LogP) is 22.3. The molecule has 1 aliphatic heterocycles. The first-order chi connectivity index (χ1) is 41.7. The highest BCUT2D eigenvalue weighted by Crippen LogP contribution is 2.58. The Morgan fingerprint density at radius 2 is 0.578 bits per heavy atom. The summed E-state index contributed by atoms with van der Waals surface area (Å²) in [7, 11) is 0. The second-order valence-electron chi connectivity index (χ2n) is 33.2. The smallest absolute Gasteiger partial charge is 0.346 e. The number of benzene rings is 9. The number of carbonyl (C=O) groups excluding carboxylic acids is 2. The van der Waals surface area contributed by atoms with Crippen LogP contribution in [0, 0.1) is 21.7 Å². The van der Waals surface area contributed by atoms with Crippen LogP contribution in [0.2, 0.25) is 0 Å². The zero-order chi connectivity index (χ0) is 65.4. The van der Waals surface area contributed by atoms with Gasteiger partial charge in [-0.3, -0.25) is 0 Å². The van der Waals surface area contributed by atoms with E-state index in [9.17, 15) is 14.4 Å². The fourth-order valence-corrected chi connectivity index (χ4v) is 15.7. The molecule has 0 fully saturated rings. The summed E-state index contributed by atoms with van der Waals surface area (Å²) in [6.45, 7) is 49.4. The fraction of sp³-hybridized carbons (Fsp3) is 0.395. The molecule has 0 radical (unpaired) electrons. The van der Waals surface area contributed by atoms with Gasteiger partial charge >= 0.3 is 17.6 Å². The molecule has 0 aliphatic carbocycles. The van der Waals surface area contributed by atoms with E-state index in [1.165, 1.54) is 0 Å². The first-order valence-electron chi connectivity index (χ1n) is 31.8. The van der Waals surface area contributed by atoms with Gasteiger partial charge in [-0.15, -0.1) is 0 Å². The summed E-state index contributed by atoms with van der Waals surface area (Å²) in [4.78, 5) is 44.0. The number of esters is 2. The highest BCUT2D eigenvalue weighted by molar-refractivity contribution is 6.43. The molecular formula is C81H90O9. The lowest BCUT2D eigenvalue weighted by molar-refractivity contribution is 0.0390. The quantitative estimate of drug-likeness (QED) is 0.0404. The number of hydrogen-bond acceptors (Lipinski definition) is 9. The van der Waals surface area contributed by atoms with Gasteiger partial charge in [0, 0.05) is 48.5 Å². The van der Waals surface area contributed by atoms with E-state index in [0.29, 0.717) is 77.2 Å². The summed E-state index contributed by atoms with van der Waals surface area (Å²) in [5.74, 6) is 1.56. The molecule has 9 heteroatoms. The van der Waals surface area contributed by atoms with Gasteiger partial charge < -0.3 is 28.1 Å². The summed E-state index contributed by atoms with van der Waals surface area (Å²) < 4.78 is 40.8. The Bertz CT molecular complexity index is 4280. The van der Waals surface area contributed by atoms with E-state index in [0.717, 1.165) is 47.9 Å². The van der Waals surface area contributed by atoms with Gasteiger partial charge in [-0.25, -0.2) is 14.4 Å². The standard InChI is InChI=1S/C81H90O9/c1-46-55-38-59(86-51-30-22-47(23-31-51)78(14,15)42-74(2,3)4)65-67-61(88-53-34-26-49(27-35-53)80(18,19)44-76(8,9)10)40-57-64-58(73(84)90-72(57)83)41-62(89-54-36-28-50(29-37-54)81(20,21)45-77(11,12)13)68(70(64)67)66-60(39-56(71(82)85-46)63(55)69(65)66)87-52-32-24-48(25-33-52)79(16,17)43-75(5,6)7/h22-41H,1,42-45H2,2-21H3. The number of hydrogen-bond donors (Lipinski definition) is 0. The molecule has 9 nitrogen and oxygen atoms in total. The van der Waals surface area contributed by atoms with Crippen molar-refractivity contribution in [3.05, 3.63) is 171 Å². The Labute approximate surface area is 531 Å². The molecule has 0 N–H and O–H groups in total. The zero-order valence-corrected chi connectivity index (χ0v) is 56.8. The largest absolute Gasteiger partial charge is 0.457 e. The summed E-state index contributed by atoms with van der Waals surface area (Å²) in [6.07, 6.45) is 3.77. The normalized spacial score (nSPS) is 14.0. The molecule has 0 spiro atoms. The van der Waals surface area contributed by atoms with Crippen molar-refractivity contribution in [2.24, 2.45) is 21.7 Å². The molecule has 0 amide bonds. The Morgan fingerprint density at radius 1 is 0.322 bits per heavy atom. The average Bonchev–Trinajstić information content (AvgIpc) is 0.676. The van der Waals surface area contributed by atoms with Crippen LogP contribution in [-0.4, -0.2) is 11.9 Å². The maximum Gasteiger partial charge on any atom is 0.346 e. The van der Waals surface area contributed by atoms with E-state index in [2.05, 4.69) is 194 Å². The first kappa shape index (κ1) is 63.4. The van der Waals surface area contributed by atoms with Crippen LogP contribution in [0.4, 0.5) is 0 Å². The van der Waals surface area contributed by atoms with Gasteiger partial charge in [0.05, 0.1) is 16.5 Å². The Kier molecular flexibility index (Phi) is 15.3. The van der Waals surface area contributed by atoms with Gasteiger partial charge in [0.2, 0.25) is 0 Å². The van der Waals surface area contributed by atoms with E-state index in [1.807, 2.05) is 54.6 Å². The molecule has 1 aromatic heterocycles. The molecule has 9 aromatic carbocycles. The molecule has 10 aromatic rings. The summed E-state index contributed by atoms with van der Waals surface area (Å²) in [5, 5.41) is 4.70. The lowest BCUT2D eigenvalue weighted by Gasteiger charge is -2.33. The van der Waals surface area contributed by atoms with Crippen molar-refractivity contribution >= 4 is 72.4 Å². The third kappa shape index (κ3) is 12.4. The number of ether oxygens (including phenoxy) is 5. The van der Waals surface area contributed by atoms with E-state index >= 15 is 0 Å². The van der Waals surface area contributed by atoms with Crippen LogP contribution in [0.1, 0.15) is 207 Å². The average molecular weight is 1210 g/mol. The van der Waals surface area contributed by atoms with Crippen LogP contribution in [-0.2, 0) is 26.4 Å². The fourth-order valence-electron chi connectivity index (χ4n) is 15.7. The highest BCUT2D eigenvalue weighted by Gasteiger charge is 2.38. The minimum Gasteiger partial charge on any atom is -0.457 e. The van der Waals surface area contributed by atoms with Gasteiger partial charge in [-0.05, 0) is 164 Å². The molecule has 0 saturated heterocycles. The third-order valence-electron chi connectivity index (χ3n) is 17.9. The zero-order valence-electron chi connectivity index (χ0n) is 56.8. The molecular weight excluding hydrogens is 1120 g/mol. The molecule has 0 atom stereocenters. The highest BCUT2D eigenvalue weighted by atomic mass is 16.6. The Morgan fingerprint density at radius 3 is 0.856 bits per heavy atom. The van der Waals surface area contributed by atoms with Crippen LogP contribution >= 0.6 is 0 Å². The van der Waals surface area contributed by atoms with Crippen LogP contribution in [0.3, 0.4) is 0 Å². The van der Waals surface area contributed by atoms with Crippen LogP contribution < -0.4 is 30.0 Å².